The third kappa shape index (κ3) is 2.77. The fourth-order valence-corrected chi connectivity index (χ4v) is 2.37. The van der Waals surface area contributed by atoms with Gasteiger partial charge in [0.1, 0.15) is 0 Å². The zero-order valence-corrected chi connectivity index (χ0v) is 9.49. The fraction of sp³-hybridized carbons (Fsp3) is 0.143. The molecule has 1 aromatic rings. The van der Waals surface area contributed by atoms with E-state index in [-0.39, 0.29) is 12.1 Å². The highest BCUT2D eigenvalue weighted by molar-refractivity contribution is 7.86. The van der Waals surface area contributed by atoms with E-state index in [0.717, 1.165) is 18.2 Å². The van der Waals surface area contributed by atoms with Gasteiger partial charge in [-0.25, -0.2) is 0 Å². The van der Waals surface area contributed by atoms with Crippen LogP contribution < -0.4 is 5.73 Å². The molecule has 1 aromatic carbocycles. The van der Waals surface area contributed by atoms with E-state index in [2.05, 4.69) is 0 Å². The molecule has 0 aliphatic rings. The second-order valence-corrected chi connectivity index (χ2v) is 5.74. The van der Waals surface area contributed by atoms with E-state index in [4.69, 9.17) is 14.8 Å². The first-order valence-corrected chi connectivity index (χ1v) is 6.82. The Morgan fingerprint density at radius 1 is 1.06 bits per heavy atom. The molecule has 0 saturated carbocycles. The molecule has 9 heteroatoms. The van der Waals surface area contributed by atoms with E-state index >= 15 is 0 Å². The summed E-state index contributed by atoms with van der Waals surface area (Å²) in [5.41, 5.74) is 5.11. The van der Waals surface area contributed by atoms with Crippen molar-refractivity contribution in [1.82, 2.24) is 0 Å². The molecule has 0 aromatic heterocycles. The van der Waals surface area contributed by atoms with Gasteiger partial charge in [-0.3, -0.25) is 9.11 Å². The Labute approximate surface area is 92.4 Å². The minimum absolute atomic E-state index is 0.0994. The van der Waals surface area contributed by atoms with Gasteiger partial charge in [0.25, 0.3) is 20.2 Å². The maximum Gasteiger partial charge on any atom is 0.294 e. The van der Waals surface area contributed by atoms with Gasteiger partial charge in [0.05, 0.1) is 9.79 Å². The van der Waals surface area contributed by atoms with Crippen LogP contribution in [0.5, 0.6) is 0 Å². The summed E-state index contributed by atoms with van der Waals surface area (Å²) in [5, 5.41) is 0. The van der Waals surface area contributed by atoms with E-state index in [1.807, 2.05) is 0 Å². The molecule has 7 nitrogen and oxygen atoms in total. The van der Waals surface area contributed by atoms with E-state index in [9.17, 15) is 16.8 Å². The smallest absolute Gasteiger partial charge is 0.294 e. The van der Waals surface area contributed by atoms with E-state index in [0.29, 0.717) is 0 Å². The minimum Gasteiger partial charge on any atom is -0.326 e. The zero-order valence-electron chi connectivity index (χ0n) is 7.86. The fourth-order valence-electron chi connectivity index (χ4n) is 1.13. The van der Waals surface area contributed by atoms with Crippen molar-refractivity contribution in [1.29, 1.82) is 0 Å². The third-order valence-electron chi connectivity index (χ3n) is 1.83. The molecule has 0 bridgehead atoms. The van der Waals surface area contributed by atoms with Crippen molar-refractivity contribution in [2.24, 2.45) is 5.73 Å². The lowest BCUT2D eigenvalue weighted by Crippen LogP contribution is -2.09. The van der Waals surface area contributed by atoms with Gasteiger partial charge >= 0.3 is 0 Å². The molecule has 16 heavy (non-hydrogen) atoms. The van der Waals surface area contributed by atoms with Crippen LogP contribution in [0.3, 0.4) is 0 Å². The average Bonchev–Trinajstić information content (AvgIpc) is 2.14. The van der Waals surface area contributed by atoms with Crippen molar-refractivity contribution in [2.45, 2.75) is 16.3 Å². The summed E-state index contributed by atoms with van der Waals surface area (Å²) in [6, 6.07) is 2.61. The van der Waals surface area contributed by atoms with Gasteiger partial charge in [0.15, 0.2) is 0 Å². The summed E-state index contributed by atoms with van der Waals surface area (Å²) in [6.45, 7) is -0.293. The molecule has 0 spiro atoms. The van der Waals surface area contributed by atoms with Crippen molar-refractivity contribution in [2.75, 3.05) is 0 Å². The first kappa shape index (κ1) is 13.1. The number of hydrogen-bond acceptors (Lipinski definition) is 5. The van der Waals surface area contributed by atoms with Crippen LogP contribution in [0.1, 0.15) is 5.56 Å². The van der Waals surface area contributed by atoms with Gasteiger partial charge in [-0.1, -0.05) is 0 Å². The first-order valence-electron chi connectivity index (χ1n) is 3.94. The maximum atomic E-state index is 10.9. The largest absolute Gasteiger partial charge is 0.326 e. The molecule has 0 aliphatic carbocycles. The zero-order chi connectivity index (χ0) is 12.6. The van der Waals surface area contributed by atoms with Crippen molar-refractivity contribution < 1.29 is 25.9 Å². The van der Waals surface area contributed by atoms with E-state index in [1.165, 1.54) is 0 Å². The molecule has 0 aliphatic heterocycles. The van der Waals surface area contributed by atoms with Crippen LogP contribution in [-0.2, 0) is 26.8 Å². The molecular weight excluding hydrogens is 258 g/mol. The van der Waals surface area contributed by atoms with Gasteiger partial charge in [-0.15, -0.1) is 0 Å². The highest BCUT2D eigenvalue weighted by Gasteiger charge is 2.18. The summed E-state index contributed by atoms with van der Waals surface area (Å²) in [5.74, 6) is 0. The van der Waals surface area contributed by atoms with E-state index in [1.54, 1.807) is 0 Å². The number of rotatable bonds is 3. The normalized spacial score (nSPS) is 12.7. The Bertz CT molecular complexity index is 604. The van der Waals surface area contributed by atoms with Crippen LogP contribution in [0.15, 0.2) is 28.0 Å². The molecule has 0 fully saturated rings. The molecule has 4 N–H and O–H groups in total. The number of hydrogen-bond donors (Lipinski definition) is 3. The molecule has 0 heterocycles. The maximum absolute atomic E-state index is 10.9. The lowest BCUT2D eigenvalue weighted by atomic mass is 10.2. The van der Waals surface area contributed by atoms with Crippen LogP contribution >= 0.6 is 0 Å². The van der Waals surface area contributed by atoms with Crippen molar-refractivity contribution in [3.63, 3.8) is 0 Å². The summed E-state index contributed by atoms with van der Waals surface area (Å²) in [7, 11) is -8.89. The summed E-state index contributed by atoms with van der Waals surface area (Å²) < 4.78 is 60.8. The first-order chi connectivity index (χ1) is 7.16. The standard InChI is InChI=1S/C7H9NO6S2/c8-4-5-3-6(15(9,10)11)1-2-7(5)16(12,13)14/h1-3H,4,8H2,(H,9,10,11)(H,12,13,14). The van der Waals surface area contributed by atoms with Gasteiger partial charge < -0.3 is 5.73 Å². The second kappa shape index (κ2) is 4.11. The summed E-state index contributed by atoms with van der Waals surface area (Å²) in [6.07, 6.45) is 0. The Morgan fingerprint density at radius 2 is 1.62 bits per heavy atom. The minimum atomic E-state index is -4.46. The van der Waals surface area contributed by atoms with Gasteiger partial charge in [-0.05, 0) is 23.8 Å². The highest BCUT2D eigenvalue weighted by Crippen LogP contribution is 2.19. The second-order valence-electron chi connectivity index (χ2n) is 2.92. The molecule has 0 radical (unpaired) electrons. The quantitative estimate of drug-likeness (QED) is 0.636. The number of nitrogens with two attached hydrogens (primary N) is 1. The van der Waals surface area contributed by atoms with Crippen molar-refractivity contribution >= 4 is 20.2 Å². The predicted octanol–water partition coefficient (Wildman–Crippen LogP) is -0.361. The Hall–Kier alpha value is -1.00. The van der Waals surface area contributed by atoms with Gasteiger partial charge in [0.2, 0.25) is 0 Å². The summed E-state index contributed by atoms with van der Waals surface area (Å²) >= 11 is 0. The molecule has 1 rings (SSSR count). The lowest BCUT2D eigenvalue weighted by molar-refractivity contribution is 0.477. The van der Waals surface area contributed by atoms with Crippen molar-refractivity contribution in [3.05, 3.63) is 23.8 Å². The van der Waals surface area contributed by atoms with Crippen LogP contribution in [0, 0.1) is 0 Å². The SMILES string of the molecule is NCc1cc(S(=O)(=O)O)ccc1S(=O)(=O)O. The average molecular weight is 267 g/mol. The topological polar surface area (TPSA) is 135 Å². The molecular formula is C7H9NO6S2. The predicted molar refractivity (Wildman–Crippen MR) is 54.0 cm³/mol. The lowest BCUT2D eigenvalue weighted by Gasteiger charge is -2.06. The van der Waals surface area contributed by atoms with Crippen LogP contribution in [-0.4, -0.2) is 25.9 Å². The van der Waals surface area contributed by atoms with Gasteiger partial charge in [-0.2, -0.15) is 16.8 Å². The monoisotopic (exact) mass is 267 g/mol. The van der Waals surface area contributed by atoms with Crippen LogP contribution in [0.25, 0.3) is 0 Å². The number of benzene rings is 1. The molecule has 0 saturated heterocycles. The van der Waals surface area contributed by atoms with Crippen molar-refractivity contribution in [3.8, 4) is 0 Å². The summed E-state index contributed by atoms with van der Waals surface area (Å²) in [4.78, 5) is -0.970. The molecule has 0 amide bonds. The molecule has 90 valence electrons. The highest BCUT2D eigenvalue weighted by atomic mass is 32.2. The Balaban J connectivity index is 3.52. The van der Waals surface area contributed by atoms with Crippen LogP contribution in [0.2, 0.25) is 0 Å². The third-order valence-corrected chi connectivity index (χ3v) is 3.63. The molecule has 0 unspecified atom stereocenters. The Morgan fingerprint density at radius 3 is 2.00 bits per heavy atom. The van der Waals surface area contributed by atoms with Crippen LogP contribution in [0.4, 0.5) is 0 Å². The Kier molecular flexibility index (Phi) is 3.35. The van der Waals surface area contributed by atoms with E-state index < -0.39 is 30.0 Å². The molecule has 0 atom stereocenters. The van der Waals surface area contributed by atoms with Gasteiger partial charge in [0, 0.05) is 6.54 Å².